The zero-order valence-corrected chi connectivity index (χ0v) is 9.23. The summed E-state index contributed by atoms with van der Waals surface area (Å²) in [7, 11) is 0. The van der Waals surface area contributed by atoms with Crippen molar-refractivity contribution in [2.45, 2.75) is 6.92 Å². The van der Waals surface area contributed by atoms with Crippen LogP contribution < -0.4 is 11.3 Å². The molecule has 2 rings (SSSR count). The van der Waals surface area contributed by atoms with E-state index in [1.807, 2.05) is 0 Å². The van der Waals surface area contributed by atoms with Gasteiger partial charge in [-0.25, -0.2) is 0 Å². The van der Waals surface area contributed by atoms with Crippen molar-refractivity contribution in [3.63, 3.8) is 0 Å². The van der Waals surface area contributed by atoms with Crippen molar-refractivity contribution in [3.05, 3.63) is 52.1 Å². The first-order valence-electron chi connectivity index (χ1n) is 5.03. The maximum absolute atomic E-state index is 11.2. The fourth-order valence-electron chi connectivity index (χ4n) is 1.58. The highest BCUT2D eigenvalue weighted by molar-refractivity contribution is 5.95. The van der Waals surface area contributed by atoms with Gasteiger partial charge in [-0.1, -0.05) is 12.1 Å². The predicted octanol–water partition coefficient (Wildman–Crippen LogP) is 0.844. The van der Waals surface area contributed by atoms with Crippen LogP contribution >= 0.6 is 0 Å². The number of amides is 1. The summed E-state index contributed by atoms with van der Waals surface area (Å²) >= 11 is 0. The van der Waals surface area contributed by atoms with Crippen LogP contribution in [-0.2, 0) is 0 Å². The first kappa shape index (κ1) is 11.1. The van der Waals surface area contributed by atoms with E-state index in [4.69, 9.17) is 5.73 Å². The highest BCUT2D eigenvalue weighted by atomic mass is 16.1. The second-order valence-corrected chi connectivity index (χ2v) is 3.70. The van der Waals surface area contributed by atoms with Crippen molar-refractivity contribution >= 4 is 5.91 Å². The maximum atomic E-state index is 11.2. The molecule has 1 amide bonds. The second kappa shape index (κ2) is 4.21. The van der Waals surface area contributed by atoms with Gasteiger partial charge in [-0.15, -0.1) is 0 Å². The number of rotatable bonds is 2. The molecule has 0 aliphatic heterocycles. The number of nitrogens with one attached hydrogen (secondary N) is 1. The van der Waals surface area contributed by atoms with Gasteiger partial charge >= 0.3 is 0 Å². The molecule has 0 aliphatic carbocycles. The number of aromatic amines is 1. The maximum Gasteiger partial charge on any atom is 0.266 e. The lowest BCUT2D eigenvalue weighted by atomic mass is 10.0. The lowest BCUT2D eigenvalue weighted by molar-refractivity contribution is 0.1000. The van der Waals surface area contributed by atoms with Crippen LogP contribution in [0.15, 0.2) is 35.4 Å². The van der Waals surface area contributed by atoms with E-state index in [0.717, 1.165) is 5.56 Å². The molecule has 0 fully saturated rings. The van der Waals surface area contributed by atoms with E-state index in [9.17, 15) is 9.59 Å². The van der Waals surface area contributed by atoms with Gasteiger partial charge in [0.1, 0.15) is 0 Å². The molecule has 5 heteroatoms. The van der Waals surface area contributed by atoms with E-state index < -0.39 is 5.91 Å². The van der Waals surface area contributed by atoms with Crippen LogP contribution in [-0.4, -0.2) is 15.9 Å². The Morgan fingerprint density at radius 3 is 2.76 bits per heavy atom. The zero-order chi connectivity index (χ0) is 12.4. The van der Waals surface area contributed by atoms with E-state index in [2.05, 4.69) is 9.97 Å². The van der Waals surface area contributed by atoms with E-state index >= 15 is 0 Å². The second-order valence-electron chi connectivity index (χ2n) is 3.70. The Morgan fingerprint density at radius 2 is 2.12 bits per heavy atom. The summed E-state index contributed by atoms with van der Waals surface area (Å²) in [4.78, 5) is 28.8. The number of hydrogen-bond acceptors (Lipinski definition) is 3. The molecule has 0 saturated heterocycles. The highest BCUT2D eigenvalue weighted by Crippen LogP contribution is 2.18. The van der Waals surface area contributed by atoms with E-state index in [1.165, 1.54) is 12.4 Å². The van der Waals surface area contributed by atoms with Gasteiger partial charge in [0.2, 0.25) is 5.91 Å². The molecule has 1 heterocycles. The first-order chi connectivity index (χ1) is 8.08. The molecule has 17 heavy (non-hydrogen) atoms. The topological polar surface area (TPSA) is 88.8 Å². The van der Waals surface area contributed by atoms with Crippen molar-refractivity contribution in [2.75, 3.05) is 0 Å². The third-order valence-electron chi connectivity index (χ3n) is 2.47. The van der Waals surface area contributed by atoms with Crippen LogP contribution in [0.5, 0.6) is 0 Å². The molecule has 1 aromatic heterocycles. The Bertz CT molecular complexity index is 632. The predicted molar refractivity (Wildman–Crippen MR) is 63.5 cm³/mol. The number of benzene rings is 1. The van der Waals surface area contributed by atoms with Gasteiger partial charge in [0.15, 0.2) is 0 Å². The minimum absolute atomic E-state index is 0.288. The number of aromatic nitrogens is 2. The number of primary amides is 1. The normalized spacial score (nSPS) is 10.2. The Hall–Kier alpha value is -2.43. The standard InChI is InChI=1S/C12H11N3O2/c1-7-2-3-8(4-9(7)12(13)17)10-5-14-6-11(16)15-10/h2-6H,1H3,(H2,13,17)(H,15,16). The van der Waals surface area contributed by atoms with Crippen molar-refractivity contribution < 1.29 is 4.79 Å². The van der Waals surface area contributed by atoms with Gasteiger partial charge in [-0.05, 0) is 18.6 Å². The van der Waals surface area contributed by atoms with Crippen molar-refractivity contribution in [1.29, 1.82) is 0 Å². The Balaban J connectivity index is 2.57. The minimum atomic E-state index is -0.490. The molecule has 86 valence electrons. The summed E-state index contributed by atoms with van der Waals surface area (Å²) in [5.41, 5.74) is 7.47. The summed E-state index contributed by atoms with van der Waals surface area (Å²) in [6.45, 7) is 1.80. The summed E-state index contributed by atoms with van der Waals surface area (Å²) in [6, 6.07) is 5.22. The first-order valence-corrected chi connectivity index (χ1v) is 5.03. The van der Waals surface area contributed by atoms with Crippen molar-refractivity contribution in [3.8, 4) is 11.3 Å². The number of nitrogens with zero attached hydrogens (tertiary/aromatic N) is 1. The smallest absolute Gasteiger partial charge is 0.266 e. The van der Waals surface area contributed by atoms with Crippen LogP contribution in [0.3, 0.4) is 0 Å². The molecule has 0 bridgehead atoms. The average Bonchev–Trinajstić information content (AvgIpc) is 2.29. The van der Waals surface area contributed by atoms with E-state index in [1.54, 1.807) is 25.1 Å². The molecule has 2 aromatic rings. The summed E-state index contributed by atoms with van der Waals surface area (Å²) < 4.78 is 0. The SMILES string of the molecule is Cc1ccc(-c2cncc(=O)[nH]2)cc1C(N)=O. The van der Waals surface area contributed by atoms with Gasteiger partial charge in [0, 0.05) is 11.1 Å². The third kappa shape index (κ3) is 2.23. The van der Waals surface area contributed by atoms with E-state index in [-0.39, 0.29) is 5.56 Å². The van der Waals surface area contributed by atoms with Crippen LogP contribution in [0.2, 0.25) is 0 Å². The molecular formula is C12H11N3O2. The lowest BCUT2D eigenvalue weighted by Crippen LogP contribution is -2.13. The molecule has 0 saturated carbocycles. The van der Waals surface area contributed by atoms with Gasteiger partial charge in [-0.3, -0.25) is 14.6 Å². The van der Waals surface area contributed by atoms with Gasteiger partial charge in [-0.2, -0.15) is 0 Å². The largest absolute Gasteiger partial charge is 0.366 e. The van der Waals surface area contributed by atoms with Crippen LogP contribution in [0, 0.1) is 6.92 Å². The molecule has 0 atom stereocenters. The highest BCUT2D eigenvalue weighted by Gasteiger charge is 2.07. The summed E-state index contributed by atoms with van der Waals surface area (Å²) in [6.07, 6.45) is 2.71. The third-order valence-corrected chi connectivity index (χ3v) is 2.47. The summed E-state index contributed by atoms with van der Waals surface area (Å²) in [5.74, 6) is -0.490. The number of nitrogens with two attached hydrogens (primary N) is 1. The molecular weight excluding hydrogens is 218 g/mol. The Morgan fingerprint density at radius 1 is 1.35 bits per heavy atom. The lowest BCUT2D eigenvalue weighted by Gasteiger charge is -2.05. The Kier molecular flexibility index (Phi) is 2.74. The number of hydrogen-bond donors (Lipinski definition) is 2. The summed E-state index contributed by atoms with van der Waals surface area (Å²) in [5, 5.41) is 0. The molecule has 3 N–H and O–H groups in total. The molecule has 5 nitrogen and oxygen atoms in total. The monoisotopic (exact) mass is 229 g/mol. The Labute approximate surface area is 97.3 Å². The van der Waals surface area contributed by atoms with Crippen LogP contribution in [0.1, 0.15) is 15.9 Å². The van der Waals surface area contributed by atoms with Gasteiger partial charge < -0.3 is 10.7 Å². The quantitative estimate of drug-likeness (QED) is 0.799. The average molecular weight is 229 g/mol. The molecule has 0 unspecified atom stereocenters. The molecule has 0 aliphatic rings. The molecule has 1 aromatic carbocycles. The number of carbonyl (C=O) groups is 1. The minimum Gasteiger partial charge on any atom is -0.366 e. The van der Waals surface area contributed by atoms with Gasteiger partial charge in [0.25, 0.3) is 5.56 Å². The number of H-pyrrole nitrogens is 1. The fourth-order valence-corrected chi connectivity index (χ4v) is 1.58. The zero-order valence-electron chi connectivity index (χ0n) is 9.23. The van der Waals surface area contributed by atoms with Crippen LogP contribution in [0.25, 0.3) is 11.3 Å². The van der Waals surface area contributed by atoms with E-state index in [0.29, 0.717) is 16.8 Å². The fraction of sp³-hybridized carbons (Fsp3) is 0.0833. The molecule has 0 radical (unpaired) electrons. The van der Waals surface area contributed by atoms with Gasteiger partial charge in [0.05, 0.1) is 18.1 Å². The number of aryl methyl sites for hydroxylation is 1. The van der Waals surface area contributed by atoms with Crippen molar-refractivity contribution in [1.82, 2.24) is 9.97 Å². The van der Waals surface area contributed by atoms with Crippen LogP contribution in [0.4, 0.5) is 0 Å². The molecule has 0 spiro atoms. The number of carbonyl (C=O) groups excluding carboxylic acids is 1. The van der Waals surface area contributed by atoms with Crippen molar-refractivity contribution in [2.24, 2.45) is 5.73 Å².